The standard InChI is InChI=1S/C16H23NO5S/c1-5-6-12(16(19)20)9-17-15(18)14-8-13(23(4,21)22)7-10(2)11(14)3/h7-8,12H,5-6,9H2,1-4H3,(H,17,18)(H,19,20). The van der Waals surface area contributed by atoms with Gasteiger partial charge in [-0.1, -0.05) is 13.3 Å². The number of carboxylic acids is 1. The number of carbonyl (C=O) groups excluding carboxylic acids is 1. The molecule has 0 spiro atoms. The van der Waals surface area contributed by atoms with Crippen LogP contribution in [0.5, 0.6) is 0 Å². The Morgan fingerprint density at radius 2 is 1.87 bits per heavy atom. The van der Waals surface area contributed by atoms with E-state index in [9.17, 15) is 18.0 Å². The molecule has 0 saturated carbocycles. The fraction of sp³-hybridized carbons (Fsp3) is 0.500. The average Bonchev–Trinajstić information content (AvgIpc) is 2.44. The largest absolute Gasteiger partial charge is 0.481 e. The smallest absolute Gasteiger partial charge is 0.308 e. The van der Waals surface area contributed by atoms with Crippen LogP contribution in [0, 0.1) is 19.8 Å². The van der Waals surface area contributed by atoms with E-state index in [0.29, 0.717) is 24.0 Å². The van der Waals surface area contributed by atoms with Gasteiger partial charge in [-0.3, -0.25) is 9.59 Å². The molecule has 1 atom stereocenters. The Balaban J connectivity index is 3.04. The molecule has 0 radical (unpaired) electrons. The van der Waals surface area contributed by atoms with Crippen LogP contribution in [-0.2, 0) is 14.6 Å². The van der Waals surface area contributed by atoms with Crippen molar-refractivity contribution in [2.45, 2.75) is 38.5 Å². The molecule has 1 amide bonds. The maximum Gasteiger partial charge on any atom is 0.308 e. The molecule has 1 aromatic rings. The number of carbonyl (C=O) groups is 2. The fourth-order valence-electron chi connectivity index (χ4n) is 2.25. The number of carboxylic acid groups (broad SMARTS) is 1. The SMILES string of the molecule is CCCC(CNC(=O)c1cc(S(C)(=O)=O)cc(C)c1C)C(=O)O. The van der Waals surface area contributed by atoms with E-state index in [0.717, 1.165) is 6.26 Å². The number of rotatable bonds is 7. The van der Waals surface area contributed by atoms with Crippen LogP contribution in [0.25, 0.3) is 0 Å². The van der Waals surface area contributed by atoms with Crippen molar-refractivity contribution in [2.75, 3.05) is 12.8 Å². The minimum absolute atomic E-state index is 0.0175. The minimum atomic E-state index is -3.43. The number of hydrogen-bond acceptors (Lipinski definition) is 4. The van der Waals surface area contributed by atoms with E-state index in [1.807, 2.05) is 6.92 Å². The van der Waals surface area contributed by atoms with Gasteiger partial charge in [0.25, 0.3) is 5.91 Å². The molecular formula is C16H23NO5S. The molecule has 0 aliphatic heterocycles. The van der Waals surface area contributed by atoms with Gasteiger partial charge >= 0.3 is 5.97 Å². The molecule has 0 aliphatic rings. The first-order valence-electron chi connectivity index (χ1n) is 7.40. The van der Waals surface area contributed by atoms with Gasteiger partial charge in [0.1, 0.15) is 0 Å². The predicted molar refractivity (Wildman–Crippen MR) is 87.4 cm³/mol. The highest BCUT2D eigenvalue weighted by Gasteiger charge is 2.20. The molecule has 23 heavy (non-hydrogen) atoms. The second kappa shape index (κ2) is 7.59. The van der Waals surface area contributed by atoms with E-state index in [-0.39, 0.29) is 17.0 Å². The Hall–Kier alpha value is -1.89. The summed E-state index contributed by atoms with van der Waals surface area (Å²) in [7, 11) is -3.43. The molecule has 0 heterocycles. The topological polar surface area (TPSA) is 101 Å². The molecule has 0 saturated heterocycles. The lowest BCUT2D eigenvalue weighted by Crippen LogP contribution is -2.33. The zero-order valence-corrected chi connectivity index (χ0v) is 14.7. The summed E-state index contributed by atoms with van der Waals surface area (Å²) >= 11 is 0. The van der Waals surface area contributed by atoms with Crippen molar-refractivity contribution in [2.24, 2.45) is 5.92 Å². The predicted octanol–water partition coefficient (Wildman–Crippen LogP) is 1.94. The first-order valence-corrected chi connectivity index (χ1v) is 9.29. The number of sulfone groups is 1. The van der Waals surface area contributed by atoms with E-state index in [4.69, 9.17) is 5.11 Å². The summed E-state index contributed by atoms with van der Waals surface area (Å²) in [5, 5.41) is 11.7. The highest BCUT2D eigenvalue weighted by atomic mass is 32.2. The van der Waals surface area contributed by atoms with Gasteiger partial charge < -0.3 is 10.4 Å². The third-order valence-corrected chi connectivity index (χ3v) is 4.90. The third kappa shape index (κ3) is 5.06. The van der Waals surface area contributed by atoms with Gasteiger partial charge in [-0.05, 0) is 43.5 Å². The number of hydrogen-bond donors (Lipinski definition) is 2. The van der Waals surface area contributed by atoms with Crippen LogP contribution in [0.2, 0.25) is 0 Å². The molecular weight excluding hydrogens is 318 g/mol. The van der Waals surface area contributed by atoms with Gasteiger partial charge in [-0.15, -0.1) is 0 Å². The Labute approximate surface area is 136 Å². The fourth-order valence-corrected chi connectivity index (χ4v) is 2.97. The first-order chi connectivity index (χ1) is 10.6. The van der Waals surface area contributed by atoms with E-state index in [2.05, 4.69) is 5.32 Å². The van der Waals surface area contributed by atoms with Crippen LogP contribution in [-0.4, -0.2) is 38.2 Å². The van der Waals surface area contributed by atoms with Crippen molar-refractivity contribution in [1.29, 1.82) is 0 Å². The van der Waals surface area contributed by atoms with Crippen LogP contribution in [0.15, 0.2) is 17.0 Å². The van der Waals surface area contributed by atoms with Gasteiger partial charge in [0.05, 0.1) is 10.8 Å². The van der Waals surface area contributed by atoms with Crippen molar-refractivity contribution in [3.63, 3.8) is 0 Å². The number of aryl methyl sites for hydroxylation is 1. The summed E-state index contributed by atoms with van der Waals surface area (Å²) in [5.41, 5.74) is 1.63. The molecule has 0 bridgehead atoms. The maximum atomic E-state index is 12.3. The van der Waals surface area contributed by atoms with E-state index in [1.165, 1.54) is 12.1 Å². The van der Waals surface area contributed by atoms with E-state index in [1.54, 1.807) is 13.8 Å². The van der Waals surface area contributed by atoms with Crippen LogP contribution in [0.1, 0.15) is 41.3 Å². The van der Waals surface area contributed by atoms with Crippen LogP contribution in [0.4, 0.5) is 0 Å². The summed E-state index contributed by atoms with van der Waals surface area (Å²) in [6, 6.07) is 2.86. The lowest BCUT2D eigenvalue weighted by Gasteiger charge is -2.15. The molecule has 128 valence electrons. The molecule has 0 aromatic heterocycles. The number of aliphatic carboxylic acids is 1. The van der Waals surface area contributed by atoms with Crippen molar-refractivity contribution < 1.29 is 23.1 Å². The Bertz CT molecular complexity index is 709. The van der Waals surface area contributed by atoms with Crippen molar-refractivity contribution in [1.82, 2.24) is 5.32 Å². The third-order valence-electron chi connectivity index (χ3n) is 3.81. The number of amides is 1. The molecule has 1 aromatic carbocycles. The summed E-state index contributed by atoms with van der Waals surface area (Å²) in [5.74, 6) is -2.06. The first kappa shape index (κ1) is 19.2. The summed E-state index contributed by atoms with van der Waals surface area (Å²) in [6.45, 7) is 5.36. The van der Waals surface area contributed by atoms with Gasteiger partial charge in [0.15, 0.2) is 9.84 Å². The molecule has 6 nitrogen and oxygen atoms in total. The zero-order chi connectivity index (χ0) is 17.8. The van der Waals surface area contributed by atoms with Gasteiger partial charge in [-0.2, -0.15) is 0 Å². The molecule has 7 heteroatoms. The molecule has 0 aliphatic carbocycles. The summed E-state index contributed by atoms with van der Waals surface area (Å²) in [4.78, 5) is 23.5. The van der Waals surface area contributed by atoms with Crippen molar-refractivity contribution >= 4 is 21.7 Å². The van der Waals surface area contributed by atoms with Crippen molar-refractivity contribution in [3.05, 3.63) is 28.8 Å². The highest BCUT2D eigenvalue weighted by molar-refractivity contribution is 7.90. The lowest BCUT2D eigenvalue weighted by molar-refractivity contribution is -0.141. The quantitative estimate of drug-likeness (QED) is 0.789. The molecule has 1 unspecified atom stereocenters. The maximum absolute atomic E-state index is 12.3. The second-order valence-corrected chi connectivity index (χ2v) is 7.73. The number of nitrogens with one attached hydrogen (secondary N) is 1. The second-order valence-electron chi connectivity index (χ2n) is 5.72. The monoisotopic (exact) mass is 341 g/mol. The molecule has 1 rings (SSSR count). The van der Waals surface area contributed by atoms with Gasteiger partial charge in [-0.25, -0.2) is 8.42 Å². The van der Waals surface area contributed by atoms with Crippen LogP contribution >= 0.6 is 0 Å². The van der Waals surface area contributed by atoms with Gasteiger partial charge in [0.2, 0.25) is 0 Å². The van der Waals surface area contributed by atoms with Crippen LogP contribution < -0.4 is 5.32 Å². The Morgan fingerprint density at radius 3 is 2.35 bits per heavy atom. The van der Waals surface area contributed by atoms with Crippen LogP contribution in [0.3, 0.4) is 0 Å². The average molecular weight is 341 g/mol. The molecule has 0 fully saturated rings. The minimum Gasteiger partial charge on any atom is -0.481 e. The Kier molecular flexibility index (Phi) is 6.32. The summed E-state index contributed by atoms with van der Waals surface area (Å²) in [6.07, 6.45) is 2.26. The van der Waals surface area contributed by atoms with E-state index >= 15 is 0 Å². The number of benzene rings is 1. The highest BCUT2D eigenvalue weighted by Crippen LogP contribution is 2.20. The van der Waals surface area contributed by atoms with Crippen molar-refractivity contribution in [3.8, 4) is 0 Å². The zero-order valence-electron chi connectivity index (χ0n) is 13.8. The lowest BCUT2D eigenvalue weighted by atomic mass is 10.0. The van der Waals surface area contributed by atoms with Gasteiger partial charge in [0, 0.05) is 18.4 Å². The molecule has 2 N–H and O–H groups in total. The normalized spacial score (nSPS) is 12.7. The van der Waals surface area contributed by atoms with E-state index < -0.39 is 27.6 Å². The summed E-state index contributed by atoms with van der Waals surface area (Å²) < 4.78 is 23.4. The Morgan fingerprint density at radius 1 is 1.26 bits per heavy atom.